The minimum atomic E-state index is -0.703. The molecule has 0 amide bonds. The molecular weight excluding hydrogens is 1100 g/mol. The first-order chi connectivity index (χ1) is 42.8. The van der Waals surface area contributed by atoms with Crippen LogP contribution in [0.5, 0.6) is 0 Å². The van der Waals surface area contributed by atoms with Crippen LogP contribution in [0, 0.1) is 23.3 Å². The van der Waals surface area contributed by atoms with Gasteiger partial charge in [-0.05, 0) is 125 Å². The van der Waals surface area contributed by atoms with Crippen LogP contribution in [0.1, 0.15) is 44.5 Å². The van der Waals surface area contributed by atoms with Crippen LogP contribution in [-0.2, 0) is 10.8 Å². The maximum atomic E-state index is 15.9. The number of hydrogen-bond donors (Lipinski definition) is 0. The molecule has 410 valence electrons. The molecule has 0 saturated heterocycles. The summed E-state index contributed by atoms with van der Waals surface area (Å²) < 4.78 is 60.7. The van der Waals surface area contributed by atoms with E-state index in [0.29, 0.717) is 44.0 Å². The van der Waals surface area contributed by atoms with Gasteiger partial charge in [0.15, 0.2) is 0 Å². The SMILES string of the molecule is Fc1ccc(-c2ccc3c(c2)c2cc(-c4ccc(F)cc4F)ccc2c2nc4c(-c5cccc6c5-c5ccccc5C6(c5ccccc5)c5ccccc5)sc(-c5cccc6c5-c5ccccc5C6(c5ccccc5)c5ccccc5)c4nc32)c(F)c1. The Morgan fingerprint density at radius 3 is 0.989 bits per heavy atom. The quantitative estimate of drug-likeness (QED) is 0.112. The van der Waals surface area contributed by atoms with E-state index in [1.54, 1.807) is 11.3 Å². The normalized spacial score (nSPS) is 13.5. The van der Waals surface area contributed by atoms with Crippen molar-refractivity contribution in [1.82, 2.24) is 9.97 Å². The van der Waals surface area contributed by atoms with Gasteiger partial charge in [-0.25, -0.2) is 27.5 Å². The molecule has 0 atom stereocenters. The van der Waals surface area contributed by atoms with E-state index >= 15 is 8.78 Å². The summed E-state index contributed by atoms with van der Waals surface area (Å²) in [5.74, 6) is -2.77. The third-order valence-corrected chi connectivity index (χ3v) is 19.5. The highest BCUT2D eigenvalue weighted by atomic mass is 32.1. The van der Waals surface area contributed by atoms with E-state index in [9.17, 15) is 8.78 Å². The average Bonchev–Trinajstić information content (AvgIpc) is 1.63. The minimum Gasteiger partial charge on any atom is -0.242 e. The van der Waals surface area contributed by atoms with Gasteiger partial charge in [0.2, 0.25) is 0 Å². The van der Waals surface area contributed by atoms with Crippen LogP contribution in [0.2, 0.25) is 0 Å². The number of nitrogens with zero attached hydrogens (tertiary/aromatic N) is 2. The molecule has 0 spiro atoms. The smallest absolute Gasteiger partial charge is 0.133 e. The van der Waals surface area contributed by atoms with Crippen LogP contribution < -0.4 is 0 Å². The molecule has 2 nitrogen and oxygen atoms in total. The first-order valence-corrected chi connectivity index (χ1v) is 29.9. The van der Waals surface area contributed by atoms with E-state index in [1.165, 1.54) is 35.4 Å². The molecule has 87 heavy (non-hydrogen) atoms. The highest BCUT2D eigenvalue weighted by Crippen LogP contribution is 2.62. The fraction of sp³-hybridized carbons (Fsp3) is 0.0250. The van der Waals surface area contributed by atoms with E-state index in [4.69, 9.17) is 9.97 Å². The molecule has 0 radical (unpaired) electrons. The highest BCUT2D eigenvalue weighted by molar-refractivity contribution is 7.21. The lowest BCUT2D eigenvalue weighted by Crippen LogP contribution is -2.28. The molecule has 2 aromatic heterocycles. The monoisotopic (exact) mass is 1140 g/mol. The van der Waals surface area contributed by atoms with Crippen molar-refractivity contribution in [2.45, 2.75) is 10.8 Å². The fourth-order valence-electron chi connectivity index (χ4n) is 14.8. The summed E-state index contributed by atoms with van der Waals surface area (Å²) in [5, 5.41) is 2.87. The number of fused-ring (bicyclic) bond motifs is 13. The van der Waals surface area contributed by atoms with Gasteiger partial charge in [-0.2, -0.15) is 0 Å². The van der Waals surface area contributed by atoms with Crippen molar-refractivity contribution in [3.05, 3.63) is 347 Å². The van der Waals surface area contributed by atoms with E-state index in [-0.39, 0.29) is 11.1 Å². The molecule has 7 heteroatoms. The zero-order valence-corrected chi connectivity index (χ0v) is 47.2. The molecule has 0 bridgehead atoms. The number of halogens is 4. The third-order valence-electron chi connectivity index (χ3n) is 18.3. The second-order valence-corrected chi connectivity index (χ2v) is 23.7. The molecule has 0 unspecified atom stereocenters. The zero-order valence-electron chi connectivity index (χ0n) is 46.4. The van der Waals surface area contributed by atoms with E-state index in [1.807, 2.05) is 36.4 Å². The summed E-state index contributed by atoms with van der Waals surface area (Å²) in [6.45, 7) is 0. The van der Waals surface area contributed by atoms with Gasteiger partial charge in [-0.3, -0.25) is 0 Å². The van der Waals surface area contributed by atoms with Gasteiger partial charge in [0.05, 0.1) is 31.6 Å². The molecule has 15 aromatic rings. The van der Waals surface area contributed by atoms with Crippen molar-refractivity contribution < 1.29 is 17.6 Å². The van der Waals surface area contributed by atoms with Crippen molar-refractivity contribution in [3.8, 4) is 65.4 Å². The predicted molar refractivity (Wildman–Crippen MR) is 346 cm³/mol. The van der Waals surface area contributed by atoms with Crippen molar-refractivity contribution in [3.63, 3.8) is 0 Å². The number of aromatic nitrogens is 2. The standard InChI is InChI=1S/C80H46F4N2S/c81-53-37-41-55(69(83)45-53)47-35-39-57-63(43-47)64-44-48(56-42-38-54(82)46-70(56)84)36-40-58(64)74-73(57)85-75-76(86-74)78(62-30-18-34-68-72(62)60-28-14-16-32-66(60)80(68,51-23-9-3-10-24-51)52-25-11-4-12-26-52)87-77(75)61-29-17-33-67-71(61)59-27-13-15-31-65(59)79(67,49-19-5-1-6-20-49)50-21-7-2-8-22-50/h1-46H. The van der Waals surface area contributed by atoms with Crippen LogP contribution in [0.15, 0.2) is 279 Å². The molecule has 2 heterocycles. The first-order valence-electron chi connectivity index (χ1n) is 29.0. The topological polar surface area (TPSA) is 25.8 Å². The lowest BCUT2D eigenvalue weighted by molar-refractivity contribution is 0.585. The summed E-state index contributed by atoms with van der Waals surface area (Å²) in [4.78, 5) is 13.8. The van der Waals surface area contributed by atoms with E-state index in [2.05, 4.69) is 206 Å². The van der Waals surface area contributed by atoms with Crippen LogP contribution in [0.3, 0.4) is 0 Å². The number of thiophene rings is 1. The second kappa shape index (κ2) is 19.5. The van der Waals surface area contributed by atoms with Crippen molar-refractivity contribution in [1.29, 1.82) is 0 Å². The van der Waals surface area contributed by atoms with E-state index in [0.717, 1.165) is 99.4 Å². The summed E-state index contributed by atoms with van der Waals surface area (Å²) in [6.07, 6.45) is 0. The lowest BCUT2D eigenvalue weighted by Gasteiger charge is -2.34. The second-order valence-electron chi connectivity index (χ2n) is 22.7. The molecule has 0 saturated carbocycles. The number of benzene rings is 13. The molecule has 2 aliphatic rings. The van der Waals surface area contributed by atoms with Crippen molar-refractivity contribution in [2.24, 2.45) is 0 Å². The molecular formula is C80H46F4N2S. The highest BCUT2D eigenvalue weighted by Gasteiger charge is 2.49. The van der Waals surface area contributed by atoms with Gasteiger partial charge in [-0.15, -0.1) is 11.3 Å². The number of rotatable bonds is 8. The summed E-state index contributed by atoms with van der Waals surface area (Å²) >= 11 is 1.70. The fourth-order valence-corrected chi connectivity index (χ4v) is 16.0. The zero-order chi connectivity index (χ0) is 58.1. The first kappa shape index (κ1) is 50.9. The Balaban J connectivity index is 1.01. The molecule has 0 N–H and O–H groups in total. The summed E-state index contributed by atoms with van der Waals surface area (Å²) in [7, 11) is 0. The van der Waals surface area contributed by atoms with Crippen molar-refractivity contribution in [2.75, 3.05) is 0 Å². The van der Waals surface area contributed by atoms with Crippen LogP contribution >= 0.6 is 11.3 Å². The Morgan fingerprint density at radius 2 is 0.609 bits per heavy atom. The van der Waals surface area contributed by atoms with Gasteiger partial charge >= 0.3 is 0 Å². The Labute approximate surface area is 502 Å². The lowest BCUT2D eigenvalue weighted by atomic mass is 9.67. The molecule has 0 fully saturated rings. The Hall–Kier alpha value is -10.6. The number of hydrogen-bond acceptors (Lipinski definition) is 3. The van der Waals surface area contributed by atoms with Gasteiger partial charge in [-0.1, -0.05) is 231 Å². The Bertz CT molecular complexity index is 4920. The molecule has 13 aromatic carbocycles. The van der Waals surface area contributed by atoms with Gasteiger partial charge < -0.3 is 0 Å². The summed E-state index contributed by atoms with van der Waals surface area (Å²) in [6, 6.07) is 92.8. The van der Waals surface area contributed by atoms with Gasteiger partial charge in [0, 0.05) is 45.2 Å². The molecule has 2 aliphatic carbocycles. The van der Waals surface area contributed by atoms with Crippen LogP contribution in [-0.4, -0.2) is 9.97 Å². The van der Waals surface area contributed by atoms with Gasteiger partial charge in [0.25, 0.3) is 0 Å². The average molecular weight is 1140 g/mol. The van der Waals surface area contributed by atoms with Crippen molar-refractivity contribution >= 4 is 54.9 Å². The maximum absolute atomic E-state index is 15.9. The molecule has 0 aliphatic heterocycles. The van der Waals surface area contributed by atoms with Gasteiger partial charge in [0.1, 0.15) is 34.3 Å². The predicted octanol–water partition coefficient (Wildman–Crippen LogP) is 21.1. The minimum absolute atomic E-state index is 0.222. The maximum Gasteiger partial charge on any atom is 0.133 e. The Kier molecular flexibility index (Phi) is 11.4. The van der Waals surface area contributed by atoms with Crippen LogP contribution in [0.4, 0.5) is 17.6 Å². The van der Waals surface area contributed by atoms with E-state index < -0.39 is 34.1 Å². The summed E-state index contributed by atoms with van der Waals surface area (Å²) in [5.41, 5.74) is 18.6. The largest absolute Gasteiger partial charge is 0.242 e. The molecule has 17 rings (SSSR count). The van der Waals surface area contributed by atoms with Crippen LogP contribution in [0.25, 0.3) is 109 Å². The Morgan fingerprint density at radius 1 is 0.264 bits per heavy atom. The third kappa shape index (κ3) is 7.33.